The first kappa shape index (κ1) is 18.4. The van der Waals surface area contributed by atoms with E-state index in [0.29, 0.717) is 19.6 Å². The molecule has 1 aliphatic carbocycles. The first-order valence-corrected chi connectivity index (χ1v) is 8.21. The van der Waals surface area contributed by atoms with Gasteiger partial charge in [0.25, 0.3) is 0 Å². The Hall–Kier alpha value is -0.650. The summed E-state index contributed by atoms with van der Waals surface area (Å²) in [5.74, 6) is -0.170. The Bertz CT molecular complexity index is 294. The molecule has 0 aromatic heterocycles. The lowest BCUT2D eigenvalue weighted by molar-refractivity contribution is -0.153. The van der Waals surface area contributed by atoms with E-state index < -0.39 is 5.54 Å². The van der Waals surface area contributed by atoms with Gasteiger partial charge < -0.3 is 19.5 Å². The van der Waals surface area contributed by atoms with E-state index >= 15 is 0 Å². The fourth-order valence-corrected chi connectivity index (χ4v) is 2.94. The summed E-state index contributed by atoms with van der Waals surface area (Å²) in [6.45, 7) is 6.93. The Kier molecular flexibility index (Phi) is 8.88. The number of hydrogen-bond acceptors (Lipinski definition) is 5. The third-order valence-corrected chi connectivity index (χ3v) is 4.02. The van der Waals surface area contributed by atoms with E-state index in [1.54, 1.807) is 0 Å². The van der Waals surface area contributed by atoms with E-state index in [4.69, 9.17) is 14.2 Å². The molecule has 124 valence electrons. The average molecular weight is 301 g/mol. The van der Waals surface area contributed by atoms with E-state index in [2.05, 4.69) is 12.2 Å². The topological polar surface area (TPSA) is 56.8 Å². The highest BCUT2D eigenvalue weighted by molar-refractivity contribution is 5.81. The number of hydrogen-bond donors (Lipinski definition) is 1. The molecule has 2 unspecified atom stereocenters. The van der Waals surface area contributed by atoms with Gasteiger partial charge in [-0.25, -0.2) is 0 Å². The van der Waals surface area contributed by atoms with Crippen molar-refractivity contribution in [3.63, 3.8) is 0 Å². The molecule has 0 saturated heterocycles. The molecule has 0 spiro atoms. The standard InChI is InChI=1S/C16H31NO4/c1-4-6-10-20-11-12-21-14-8-7-9-16(13-14,17-5-2)15(18)19-3/h14,17H,4-13H2,1-3H3. The Labute approximate surface area is 128 Å². The number of nitrogens with one attached hydrogen (secondary N) is 1. The second-order valence-electron chi connectivity index (χ2n) is 5.66. The van der Waals surface area contributed by atoms with Gasteiger partial charge >= 0.3 is 5.97 Å². The molecule has 1 N–H and O–H groups in total. The van der Waals surface area contributed by atoms with E-state index in [0.717, 1.165) is 45.3 Å². The molecule has 1 aliphatic rings. The molecule has 0 radical (unpaired) electrons. The maximum absolute atomic E-state index is 12.1. The molecular formula is C16H31NO4. The number of rotatable bonds is 10. The molecule has 1 saturated carbocycles. The van der Waals surface area contributed by atoms with Crippen molar-refractivity contribution in [1.82, 2.24) is 5.32 Å². The van der Waals surface area contributed by atoms with Gasteiger partial charge in [-0.15, -0.1) is 0 Å². The number of esters is 1. The minimum absolute atomic E-state index is 0.103. The van der Waals surface area contributed by atoms with E-state index in [1.165, 1.54) is 7.11 Å². The van der Waals surface area contributed by atoms with Gasteiger partial charge in [-0.1, -0.05) is 20.3 Å². The predicted octanol–water partition coefficient (Wildman–Crippen LogP) is 2.28. The zero-order chi connectivity index (χ0) is 15.6. The van der Waals surface area contributed by atoms with Gasteiger partial charge in [0.2, 0.25) is 0 Å². The van der Waals surface area contributed by atoms with Crippen LogP contribution in [0.5, 0.6) is 0 Å². The van der Waals surface area contributed by atoms with Crippen molar-refractivity contribution in [2.45, 2.75) is 64.0 Å². The van der Waals surface area contributed by atoms with Crippen LogP contribution in [0.2, 0.25) is 0 Å². The van der Waals surface area contributed by atoms with Gasteiger partial charge in [0.15, 0.2) is 0 Å². The molecule has 0 heterocycles. The number of carbonyl (C=O) groups excluding carboxylic acids is 1. The average Bonchev–Trinajstić information content (AvgIpc) is 2.50. The molecule has 0 amide bonds. The van der Waals surface area contributed by atoms with Crippen molar-refractivity contribution in [1.29, 1.82) is 0 Å². The monoisotopic (exact) mass is 301 g/mol. The van der Waals surface area contributed by atoms with Crippen molar-refractivity contribution in [3.05, 3.63) is 0 Å². The summed E-state index contributed by atoms with van der Waals surface area (Å²) in [6.07, 6.45) is 5.82. The number of unbranched alkanes of at least 4 members (excludes halogenated alkanes) is 1. The van der Waals surface area contributed by atoms with Gasteiger partial charge in [0.1, 0.15) is 5.54 Å². The molecular weight excluding hydrogens is 270 g/mol. The van der Waals surface area contributed by atoms with Crippen LogP contribution in [0.3, 0.4) is 0 Å². The quantitative estimate of drug-likeness (QED) is 0.495. The van der Waals surface area contributed by atoms with Gasteiger partial charge in [0, 0.05) is 13.0 Å². The largest absolute Gasteiger partial charge is 0.468 e. The van der Waals surface area contributed by atoms with Crippen LogP contribution >= 0.6 is 0 Å². The Morgan fingerprint density at radius 2 is 2.10 bits per heavy atom. The van der Waals surface area contributed by atoms with E-state index in [-0.39, 0.29) is 12.1 Å². The minimum Gasteiger partial charge on any atom is -0.468 e. The Morgan fingerprint density at radius 1 is 1.29 bits per heavy atom. The number of ether oxygens (including phenoxy) is 3. The van der Waals surface area contributed by atoms with Crippen LogP contribution in [0, 0.1) is 0 Å². The molecule has 0 aliphatic heterocycles. The summed E-state index contributed by atoms with van der Waals surface area (Å²) in [5, 5.41) is 3.31. The SMILES string of the molecule is CCCCOCCOC1CCCC(NCC)(C(=O)OC)C1. The van der Waals surface area contributed by atoms with Gasteiger partial charge in [0.05, 0.1) is 26.4 Å². The lowest BCUT2D eigenvalue weighted by atomic mass is 9.80. The summed E-state index contributed by atoms with van der Waals surface area (Å²) in [6, 6.07) is 0. The highest BCUT2D eigenvalue weighted by Crippen LogP contribution is 2.31. The molecule has 1 rings (SSSR count). The molecule has 5 nitrogen and oxygen atoms in total. The highest BCUT2D eigenvalue weighted by Gasteiger charge is 2.43. The smallest absolute Gasteiger partial charge is 0.326 e. The van der Waals surface area contributed by atoms with Crippen molar-refractivity contribution < 1.29 is 19.0 Å². The normalized spacial score (nSPS) is 25.8. The Balaban J connectivity index is 2.37. The van der Waals surface area contributed by atoms with Crippen LogP contribution in [0.4, 0.5) is 0 Å². The molecule has 0 bridgehead atoms. The van der Waals surface area contributed by atoms with Crippen LogP contribution in [0.25, 0.3) is 0 Å². The third kappa shape index (κ3) is 5.93. The van der Waals surface area contributed by atoms with E-state index in [9.17, 15) is 4.79 Å². The van der Waals surface area contributed by atoms with Crippen LogP contribution in [0.15, 0.2) is 0 Å². The lowest BCUT2D eigenvalue weighted by Gasteiger charge is -2.39. The van der Waals surface area contributed by atoms with Gasteiger partial charge in [-0.3, -0.25) is 4.79 Å². The van der Waals surface area contributed by atoms with Gasteiger partial charge in [-0.05, 0) is 32.2 Å². The first-order chi connectivity index (χ1) is 10.2. The first-order valence-electron chi connectivity index (χ1n) is 8.21. The Morgan fingerprint density at radius 3 is 2.76 bits per heavy atom. The summed E-state index contributed by atoms with van der Waals surface area (Å²) in [5.41, 5.74) is -0.574. The number of likely N-dealkylation sites (N-methyl/N-ethyl adjacent to an activating group) is 1. The van der Waals surface area contributed by atoms with Crippen molar-refractivity contribution in [3.8, 4) is 0 Å². The number of methoxy groups -OCH3 is 1. The van der Waals surface area contributed by atoms with Crippen LogP contribution < -0.4 is 5.32 Å². The lowest BCUT2D eigenvalue weighted by Crippen LogP contribution is -2.56. The molecule has 5 heteroatoms. The molecule has 0 aromatic rings. The molecule has 0 aromatic carbocycles. The highest BCUT2D eigenvalue weighted by atomic mass is 16.5. The molecule has 1 fully saturated rings. The van der Waals surface area contributed by atoms with Gasteiger partial charge in [-0.2, -0.15) is 0 Å². The molecule has 21 heavy (non-hydrogen) atoms. The van der Waals surface area contributed by atoms with Crippen LogP contribution in [0.1, 0.15) is 52.4 Å². The number of carbonyl (C=O) groups is 1. The van der Waals surface area contributed by atoms with Crippen molar-refractivity contribution in [2.24, 2.45) is 0 Å². The summed E-state index contributed by atoms with van der Waals surface area (Å²) >= 11 is 0. The summed E-state index contributed by atoms with van der Waals surface area (Å²) in [4.78, 5) is 12.1. The maximum Gasteiger partial charge on any atom is 0.326 e. The second kappa shape index (κ2) is 10.1. The zero-order valence-electron chi connectivity index (χ0n) is 13.8. The van der Waals surface area contributed by atoms with E-state index in [1.807, 2.05) is 6.92 Å². The fraction of sp³-hybridized carbons (Fsp3) is 0.938. The molecule has 2 atom stereocenters. The van der Waals surface area contributed by atoms with Crippen LogP contribution in [-0.4, -0.2) is 51.1 Å². The van der Waals surface area contributed by atoms with Crippen LogP contribution in [-0.2, 0) is 19.0 Å². The third-order valence-electron chi connectivity index (χ3n) is 4.02. The zero-order valence-corrected chi connectivity index (χ0v) is 13.8. The fourth-order valence-electron chi connectivity index (χ4n) is 2.94. The van der Waals surface area contributed by atoms with Crippen molar-refractivity contribution in [2.75, 3.05) is 33.5 Å². The predicted molar refractivity (Wildman–Crippen MR) is 82.4 cm³/mol. The summed E-state index contributed by atoms with van der Waals surface area (Å²) in [7, 11) is 1.45. The summed E-state index contributed by atoms with van der Waals surface area (Å²) < 4.78 is 16.4. The maximum atomic E-state index is 12.1. The van der Waals surface area contributed by atoms with Crippen molar-refractivity contribution >= 4 is 5.97 Å². The second-order valence-corrected chi connectivity index (χ2v) is 5.66. The minimum atomic E-state index is -0.574.